The summed E-state index contributed by atoms with van der Waals surface area (Å²) in [5, 5.41) is 0. The molecule has 0 amide bonds. The minimum absolute atomic E-state index is 0.446. The van der Waals surface area contributed by atoms with Crippen molar-refractivity contribution in [1.82, 2.24) is 0 Å². The Labute approximate surface area is 76.1 Å². The molecule has 1 atom stereocenters. The molecule has 0 nitrogen and oxygen atoms in total. The Bertz CT molecular complexity index is 91.5. The third kappa shape index (κ3) is 8.25. The van der Waals surface area contributed by atoms with Gasteiger partial charge in [-0.05, 0) is 11.7 Å². The van der Waals surface area contributed by atoms with E-state index < -0.39 is 0 Å². The molecule has 0 aromatic carbocycles. The predicted molar refractivity (Wildman–Crippen MR) is 56.3 cm³/mol. The Balaban J connectivity index is 3.38. The SMILES string of the molecule is CCCC(C)CSC(C)(C)C. The maximum absolute atomic E-state index is 2.35. The molecule has 0 saturated heterocycles. The summed E-state index contributed by atoms with van der Waals surface area (Å²) < 4.78 is 0.446. The molecule has 11 heavy (non-hydrogen) atoms. The van der Waals surface area contributed by atoms with Crippen LogP contribution in [0.1, 0.15) is 47.5 Å². The Morgan fingerprint density at radius 1 is 1.27 bits per heavy atom. The van der Waals surface area contributed by atoms with Gasteiger partial charge in [-0.25, -0.2) is 0 Å². The molecular formula is C10H22S. The quantitative estimate of drug-likeness (QED) is 0.622. The van der Waals surface area contributed by atoms with Gasteiger partial charge in [-0.3, -0.25) is 0 Å². The molecule has 0 aliphatic rings. The molecule has 0 fully saturated rings. The van der Waals surface area contributed by atoms with Crippen molar-refractivity contribution in [2.24, 2.45) is 5.92 Å². The van der Waals surface area contributed by atoms with E-state index in [2.05, 4.69) is 46.4 Å². The van der Waals surface area contributed by atoms with Gasteiger partial charge in [-0.2, -0.15) is 11.8 Å². The van der Waals surface area contributed by atoms with Crippen LogP contribution in [0.25, 0.3) is 0 Å². The zero-order valence-corrected chi connectivity index (χ0v) is 9.42. The molecule has 0 spiro atoms. The van der Waals surface area contributed by atoms with Crippen LogP contribution in [-0.2, 0) is 0 Å². The van der Waals surface area contributed by atoms with Gasteiger partial charge in [0.2, 0.25) is 0 Å². The lowest BCUT2D eigenvalue weighted by atomic mass is 10.1. The Morgan fingerprint density at radius 2 is 1.82 bits per heavy atom. The van der Waals surface area contributed by atoms with Gasteiger partial charge in [0.15, 0.2) is 0 Å². The first-order valence-electron chi connectivity index (χ1n) is 4.59. The van der Waals surface area contributed by atoms with Crippen LogP contribution in [-0.4, -0.2) is 10.5 Å². The van der Waals surface area contributed by atoms with E-state index in [4.69, 9.17) is 0 Å². The molecule has 1 heteroatoms. The molecule has 0 N–H and O–H groups in total. The van der Waals surface area contributed by atoms with Crippen LogP contribution in [0, 0.1) is 5.92 Å². The number of thioether (sulfide) groups is 1. The van der Waals surface area contributed by atoms with Crippen LogP contribution in [0.3, 0.4) is 0 Å². The minimum atomic E-state index is 0.446. The van der Waals surface area contributed by atoms with E-state index in [-0.39, 0.29) is 0 Å². The summed E-state index contributed by atoms with van der Waals surface area (Å²) in [4.78, 5) is 0. The first-order valence-corrected chi connectivity index (χ1v) is 5.58. The normalized spacial score (nSPS) is 15.0. The highest BCUT2D eigenvalue weighted by atomic mass is 32.2. The summed E-state index contributed by atoms with van der Waals surface area (Å²) in [6.07, 6.45) is 2.70. The van der Waals surface area contributed by atoms with Gasteiger partial charge in [0.05, 0.1) is 0 Å². The van der Waals surface area contributed by atoms with Crippen molar-refractivity contribution in [2.45, 2.75) is 52.2 Å². The van der Waals surface area contributed by atoms with Crippen LogP contribution >= 0.6 is 11.8 Å². The summed E-state index contributed by atoms with van der Waals surface area (Å²) in [5.41, 5.74) is 0. The van der Waals surface area contributed by atoms with Crippen LogP contribution < -0.4 is 0 Å². The molecule has 0 saturated carbocycles. The van der Waals surface area contributed by atoms with Gasteiger partial charge in [0.25, 0.3) is 0 Å². The molecule has 0 heterocycles. The minimum Gasteiger partial charge on any atom is -0.156 e. The number of hydrogen-bond acceptors (Lipinski definition) is 1. The number of hydrogen-bond donors (Lipinski definition) is 0. The average Bonchev–Trinajstić information content (AvgIpc) is 1.83. The smallest absolute Gasteiger partial charge is 0.00751 e. The van der Waals surface area contributed by atoms with E-state index in [0.717, 1.165) is 5.92 Å². The van der Waals surface area contributed by atoms with Gasteiger partial charge in [-0.1, -0.05) is 47.5 Å². The highest BCUT2D eigenvalue weighted by molar-refractivity contribution is 8.00. The summed E-state index contributed by atoms with van der Waals surface area (Å²) >= 11 is 2.08. The van der Waals surface area contributed by atoms with Crippen molar-refractivity contribution in [3.63, 3.8) is 0 Å². The molecule has 0 aromatic rings. The maximum atomic E-state index is 2.35. The number of rotatable bonds is 4. The molecule has 1 unspecified atom stereocenters. The summed E-state index contributed by atoms with van der Waals surface area (Å²) in [6.45, 7) is 11.5. The lowest BCUT2D eigenvalue weighted by Gasteiger charge is -2.20. The van der Waals surface area contributed by atoms with E-state index >= 15 is 0 Å². The predicted octanol–water partition coefficient (Wildman–Crippen LogP) is 3.95. The molecule has 0 rings (SSSR count). The van der Waals surface area contributed by atoms with Gasteiger partial charge in [-0.15, -0.1) is 0 Å². The monoisotopic (exact) mass is 174 g/mol. The fourth-order valence-corrected chi connectivity index (χ4v) is 1.92. The third-order valence-electron chi connectivity index (χ3n) is 1.58. The van der Waals surface area contributed by atoms with E-state index in [1.54, 1.807) is 0 Å². The first kappa shape index (κ1) is 11.4. The van der Waals surface area contributed by atoms with Crippen LogP contribution in [0.5, 0.6) is 0 Å². The topological polar surface area (TPSA) is 0 Å². The van der Waals surface area contributed by atoms with Crippen molar-refractivity contribution in [1.29, 1.82) is 0 Å². The molecule has 68 valence electrons. The molecule has 0 bridgehead atoms. The largest absolute Gasteiger partial charge is 0.156 e. The van der Waals surface area contributed by atoms with E-state index in [9.17, 15) is 0 Å². The molecule has 0 aliphatic carbocycles. The molecule has 0 radical (unpaired) electrons. The van der Waals surface area contributed by atoms with E-state index in [1.165, 1.54) is 18.6 Å². The Morgan fingerprint density at radius 3 is 2.18 bits per heavy atom. The maximum Gasteiger partial charge on any atom is 0.00751 e. The third-order valence-corrected chi connectivity index (χ3v) is 3.18. The van der Waals surface area contributed by atoms with Gasteiger partial charge in [0.1, 0.15) is 0 Å². The lowest BCUT2D eigenvalue weighted by molar-refractivity contribution is 0.582. The summed E-state index contributed by atoms with van der Waals surface area (Å²) in [5.74, 6) is 2.21. The van der Waals surface area contributed by atoms with E-state index in [0.29, 0.717) is 4.75 Å². The zero-order chi connectivity index (χ0) is 8.91. The molecule has 0 aromatic heterocycles. The van der Waals surface area contributed by atoms with E-state index in [1.807, 2.05) is 0 Å². The van der Waals surface area contributed by atoms with Crippen molar-refractivity contribution >= 4 is 11.8 Å². The van der Waals surface area contributed by atoms with Gasteiger partial charge < -0.3 is 0 Å². The summed E-state index contributed by atoms with van der Waals surface area (Å²) in [6, 6.07) is 0. The Hall–Kier alpha value is 0.350. The Kier molecular flexibility index (Phi) is 5.24. The second kappa shape index (κ2) is 5.08. The second-order valence-corrected chi connectivity index (χ2v) is 6.16. The van der Waals surface area contributed by atoms with Crippen LogP contribution in [0.4, 0.5) is 0 Å². The van der Waals surface area contributed by atoms with Crippen LogP contribution in [0.15, 0.2) is 0 Å². The van der Waals surface area contributed by atoms with Gasteiger partial charge >= 0.3 is 0 Å². The van der Waals surface area contributed by atoms with Crippen molar-refractivity contribution < 1.29 is 0 Å². The van der Waals surface area contributed by atoms with Crippen LogP contribution in [0.2, 0.25) is 0 Å². The van der Waals surface area contributed by atoms with Gasteiger partial charge in [0, 0.05) is 4.75 Å². The zero-order valence-electron chi connectivity index (χ0n) is 8.61. The highest BCUT2D eigenvalue weighted by Crippen LogP contribution is 2.26. The highest BCUT2D eigenvalue weighted by Gasteiger charge is 2.12. The standard InChI is InChI=1S/C10H22S/c1-6-7-9(2)8-11-10(3,4)5/h9H,6-8H2,1-5H3. The lowest BCUT2D eigenvalue weighted by Crippen LogP contribution is -2.11. The average molecular weight is 174 g/mol. The summed E-state index contributed by atoms with van der Waals surface area (Å²) in [7, 11) is 0. The molecule has 0 aliphatic heterocycles. The van der Waals surface area contributed by atoms with Crippen molar-refractivity contribution in [3.8, 4) is 0 Å². The molecular weight excluding hydrogens is 152 g/mol. The fraction of sp³-hybridized carbons (Fsp3) is 1.00. The van der Waals surface area contributed by atoms with Crippen molar-refractivity contribution in [2.75, 3.05) is 5.75 Å². The van der Waals surface area contributed by atoms with Crippen molar-refractivity contribution in [3.05, 3.63) is 0 Å². The first-order chi connectivity index (χ1) is 4.95. The fourth-order valence-electron chi connectivity index (χ4n) is 0.968. The second-order valence-electron chi connectivity index (χ2n) is 4.32.